The Morgan fingerprint density at radius 2 is 2.26 bits per heavy atom. The van der Waals surface area contributed by atoms with Crippen LogP contribution in [0.25, 0.3) is 0 Å². The van der Waals surface area contributed by atoms with E-state index in [0.29, 0.717) is 5.56 Å². The van der Waals surface area contributed by atoms with Gasteiger partial charge in [-0.05, 0) is 19.9 Å². The molecule has 0 aromatic carbocycles. The van der Waals surface area contributed by atoms with Crippen LogP contribution in [-0.2, 0) is 6.42 Å². The molecule has 2 aromatic heterocycles. The number of primary amides is 1. The minimum absolute atomic E-state index is 0.416. The molecule has 3 N–H and O–H groups in total. The summed E-state index contributed by atoms with van der Waals surface area (Å²) in [5, 5.41) is 4.30. The normalized spacial score (nSPS) is 10.4. The molecule has 2 aromatic rings. The predicted octanol–water partition coefficient (Wildman–Crippen LogP) is 1.91. The highest BCUT2D eigenvalue weighted by atomic mass is 32.1. The Labute approximate surface area is 115 Å². The fourth-order valence-electron chi connectivity index (χ4n) is 1.86. The van der Waals surface area contributed by atoms with E-state index in [9.17, 15) is 4.79 Å². The van der Waals surface area contributed by atoms with Gasteiger partial charge in [0.15, 0.2) is 0 Å². The Morgan fingerprint density at radius 1 is 1.47 bits per heavy atom. The molecule has 100 valence electrons. The first-order valence-corrected chi connectivity index (χ1v) is 6.80. The maximum absolute atomic E-state index is 11.2. The zero-order valence-electron chi connectivity index (χ0n) is 10.9. The molecule has 2 heterocycles. The molecule has 0 saturated carbocycles. The molecule has 0 bridgehead atoms. The number of aromatic nitrogens is 2. The van der Waals surface area contributed by atoms with E-state index in [-0.39, 0.29) is 0 Å². The molecule has 0 aliphatic rings. The number of anilines is 1. The molecule has 5 nitrogen and oxygen atoms in total. The van der Waals surface area contributed by atoms with Gasteiger partial charge in [-0.15, -0.1) is 11.3 Å². The van der Waals surface area contributed by atoms with E-state index in [1.807, 2.05) is 13.8 Å². The van der Waals surface area contributed by atoms with E-state index >= 15 is 0 Å². The molecule has 0 saturated heterocycles. The summed E-state index contributed by atoms with van der Waals surface area (Å²) in [6, 6.07) is 1.75. The van der Waals surface area contributed by atoms with E-state index in [1.54, 1.807) is 23.6 Å². The monoisotopic (exact) mass is 276 g/mol. The highest BCUT2D eigenvalue weighted by molar-refractivity contribution is 7.11. The average molecular weight is 276 g/mol. The van der Waals surface area contributed by atoms with Gasteiger partial charge in [0.2, 0.25) is 0 Å². The lowest BCUT2D eigenvalue weighted by Crippen LogP contribution is -2.15. The van der Waals surface area contributed by atoms with E-state index in [2.05, 4.69) is 15.3 Å². The van der Waals surface area contributed by atoms with Crippen LogP contribution in [-0.4, -0.2) is 22.4 Å². The molecule has 19 heavy (non-hydrogen) atoms. The predicted molar refractivity (Wildman–Crippen MR) is 76.5 cm³/mol. The number of amides is 1. The maximum atomic E-state index is 11.2. The molecule has 0 spiro atoms. The van der Waals surface area contributed by atoms with Gasteiger partial charge in [-0.3, -0.25) is 9.78 Å². The number of nitrogens with two attached hydrogens (primary N) is 1. The van der Waals surface area contributed by atoms with Gasteiger partial charge >= 0.3 is 0 Å². The zero-order valence-corrected chi connectivity index (χ0v) is 11.8. The highest BCUT2D eigenvalue weighted by Crippen LogP contribution is 2.18. The number of rotatable bonds is 5. The van der Waals surface area contributed by atoms with Crippen molar-refractivity contribution in [1.29, 1.82) is 0 Å². The van der Waals surface area contributed by atoms with Crippen molar-refractivity contribution in [2.45, 2.75) is 20.3 Å². The summed E-state index contributed by atoms with van der Waals surface area (Å²) in [7, 11) is 0. The molecular weight excluding hydrogens is 260 g/mol. The van der Waals surface area contributed by atoms with Gasteiger partial charge in [0.25, 0.3) is 5.91 Å². The summed E-state index contributed by atoms with van der Waals surface area (Å²) in [6.45, 7) is 4.75. The van der Waals surface area contributed by atoms with Crippen molar-refractivity contribution in [1.82, 2.24) is 9.97 Å². The molecular formula is C13H16N4OS. The summed E-state index contributed by atoms with van der Waals surface area (Å²) >= 11 is 1.70. The maximum Gasteiger partial charge on any atom is 0.252 e. The summed E-state index contributed by atoms with van der Waals surface area (Å²) in [6.07, 6.45) is 3.99. The lowest BCUT2D eigenvalue weighted by molar-refractivity contribution is 0.100. The van der Waals surface area contributed by atoms with Crippen molar-refractivity contribution in [2.75, 3.05) is 11.9 Å². The number of nitrogens with zero attached hydrogens (tertiary/aromatic N) is 2. The third-order valence-corrected chi connectivity index (χ3v) is 3.89. The van der Waals surface area contributed by atoms with Crippen LogP contribution in [0.4, 0.5) is 5.69 Å². The van der Waals surface area contributed by atoms with Crippen molar-refractivity contribution in [2.24, 2.45) is 5.73 Å². The molecule has 2 rings (SSSR count). The third-order valence-electron chi connectivity index (χ3n) is 2.75. The summed E-state index contributed by atoms with van der Waals surface area (Å²) in [4.78, 5) is 20.8. The molecule has 6 heteroatoms. The van der Waals surface area contributed by atoms with Gasteiger partial charge in [-0.1, -0.05) is 0 Å². The van der Waals surface area contributed by atoms with E-state index in [4.69, 9.17) is 5.73 Å². The molecule has 0 unspecified atom stereocenters. The van der Waals surface area contributed by atoms with Gasteiger partial charge in [-0.2, -0.15) is 0 Å². The van der Waals surface area contributed by atoms with Crippen LogP contribution in [0.5, 0.6) is 0 Å². The van der Waals surface area contributed by atoms with Crippen molar-refractivity contribution >= 4 is 22.9 Å². The fourth-order valence-corrected chi connectivity index (χ4v) is 2.80. The van der Waals surface area contributed by atoms with Crippen LogP contribution in [0.3, 0.4) is 0 Å². The number of hydrogen-bond donors (Lipinski definition) is 2. The Morgan fingerprint density at radius 3 is 2.89 bits per heavy atom. The Kier molecular flexibility index (Phi) is 4.11. The number of carbonyl (C=O) groups is 1. The highest BCUT2D eigenvalue weighted by Gasteiger charge is 2.08. The van der Waals surface area contributed by atoms with E-state index in [1.165, 1.54) is 11.1 Å². The molecule has 0 radical (unpaired) electrons. The van der Waals surface area contributed by atoms with Gasteiger partial charge in [0.1, 0.15) is 0 Å². The van der Waals surface area contributed by atoms with Crippen LogP contribution in [0.15, 0.2) is 18.5 Å². The lowest BCUT2D eigenvalue weighted by atomic mass is 10.2. The Bertz CT molecular complexity index is 594. The average Bonchev–Trinajstić information content (AvgIpc) is 2.68. The lowest BCUT2D eigenvalue weighted by Gasteiger charge is -2.08. The third kappa shape index (κ3) is 3.29. The number of hydrogen-bond acceptors (Lipinski definition) is 5. The summed E-state index contributed by atoms with van der Waals surface area (Å²) in [5.41, 5.74) is 7.52. The number of aryl methyl sites for hydroxylation is 2. The SMILES string of the molecule is Cc1nc(C)c(CCNc2ccncc2C(N)=O)s1. The fraction of sp³-hybridized carbons (Fsp3) is 0.308. The largest absolute Gasteiger partial charge is 0.384 e. The minimum atomic E-state index is -0.472. The van der Waals surface area contributed by atoms with E-state index in [0.717, 1.165) is 29.4 Å². The topological polar surface area (TPSA) is 80.9 Å². The summed E-state index contributed by atoms with van der Waals surface area (Å²) < 4.78 is 0. The van der Waals surface area contributed by atoms with Gasteiger partial charge in [0, 0.05) is 30.2 Å². The second-order valence-corrected chi connectivity index (χ2v) is 5.49. The van der Waals surface area contributed by atoms with Crippen LogP contribution in [0.1, 0.15) is 25.9 Å². The molecule has 0 aliphatic carbocycles. The minimum Gasteiger partial charge on any atom is -0.384 e. The molecule has 0 aliphatic heterocycles. The van der Waals surface area contributed by atoms with Crippen molar-refractivity contribution < 1.29 is 4.79 Å². The zero-order chi connectivity index (χ0) is 13.8. The van der Waals surface area contributed by atoms with Crippen LogP contribution in [0, 0.1) is 13.8 Å². The summed E-state index contributed by atoms with van der Waals surface area (Å²) in [5.74, 6) is -0.472. The first-order chi connectivity index (χ1) is 9.08. The smallest absolute Gasteiger partial charge is 0.252 e. The Balaban J connectivity index is 2.00. The second-order valence-electron chi connectivity index (χ2n) is 4.20. The van der Waals surface area contributed by atoms with E-state index < -0.39 is 5.91 Å². The van der Waals surface area contributed by atoms with Gasteiger partial charge < -0.3 is 11.1 Å². The van der Waals surface area contributed by atoms with Crippen LogP contribution < -0.4 is 11.1 Å². The van der Waals surface area contributed by atoms with Crippen molar-refractivity contribution in [3.8, 4) is 0 Å². The number of pyridine rings is 1. The van der Waals surface area contributed by atoms with Gasteiger partial charge in [-0.25, -0.2) is 4.98 Å². The number of carbonyl (C=O) groups excluding carboxylic acids is 1. The quantitative estimate of drug-likeness (QED) is 0.874. The van der Waals surface area contributed by atoms with Crippen LogP contribution in [0.2, 0.25) is 0 Å². The second kappa shape index (κ2) is 5.79. The molecule has 0 atom stereocenters. The first kappa shape index (κ1) is 13.5. The number of nitrogens with one attached hydrogen (secondary N) is 1. The molecule has 0 fully saturated rings. The first-order valence-electron chi connectivity index (χ1n) is 5.98. The Hall–Kier alpha value is -1.95. The van der Waals surface area contributed by atoms with Crippen molar-refractivity contribution in [3.05, 3.63) is 39.6 Å². The van der Waals surface area contributed by atoms with Gasteiger partial charge in [0.05, 0.1) is 22.0 Å². The van der Waals surface area contributed by atoms with Crippen molar-refractivity contribution in [3.63, 3.8) is 0 Å². The number of thiazole rings is 1. The van der Waals surface area contributed by atoms with Crippen LogP contribution >= 0.6 is 11.3 Å². The molecule has 1 amide bonds. The standard InChI is InChI=1S/C13H16N4OS/c1-8-12(19-9(2)17-8)4-6-16-11-3-5-15-7-10(11)13(14)18/h3,5,7H,4,6H2,1-2H3,(H2,14,18)(H,15,16).